The number of phenols is 1. The molecule has 0 bridgehead atoms. The van der Waals surface area contributed by atoms with Gasteiger partial charge >= 0.3 is 0 Å². The molecule has 37 heavy (non-hydrogen) atoms. The van der Waals surface area contributed by atoms with Gasteiger partial charge in [0.25, 0.3) is 4.84 Å². The molecule has 0 amide bonds. The Kier molecular flexibility index (Phi) is 5.83. The van der Waals surface area contributed by atoms with Gasteiger partial charge in [-0.3, -0.25) is 0 Å². The lowest BCUT2D eigenvalue weighted by molar-refractivity contribution is 0.283. The van der Waals surface area contributed by atoms with Crippen molar-refractivity contribution in [2.45, 2.75) is 65.7 Å². The molecule has 7 heteroatoms. The first kappa shape index (κ1) is 25.2. The van der Waals surface area contributed by atoms with Crippen LogP contribution in [0.2, 0.25) is 0 Å². The third-order valence-electron chi connectivity index (χ3n) is 7.15. The van der Waals surface area contributed by atoms with E-state index in [9.17, 15) is 5.11 Å². The molecule has 2 heterocycles. The first-order valence-corrected chi connectivity index (χ1v) is 13.0. The Labute approximate surface area is 222 Å². The van der Waals surface area contributed by atoms with Crippen LogP contribution in [0.25, 0.3) is 27.8 Å². The second kappa shape index (κ2) is 8.55. The Bertz CT molecular complexity index is 1610. The summed E-state index contributed by atoms with van der Waals surface area (Å²) in [6.45, 7) is 15.6. The number of hydrogen-bond donors (Lipinski definition) is 2. The number of phenolic OH excluding ortho intramolecular Hbond substituents is 1. The van der Waals surface area contributed by atoms with Gasteiger partial charge in [-0.2, -0.15) is 0 Å². The molecule has 6 nitrogen and oxygen atoms in total. The van der Waals surface area contributed by atoms with Crippen molar-refractivity contribution in [1.29, 1.82) is 0 Å². The number of rotatable bonds is 5. The molecule has 0 aliphatic carbocycles. The number of aromatic hydroxyl groups is 1. The summed E-state index contributed by atoms with van der Waals surface area (Å²) in [5.41, 5.74) is 5.91. The maximum Gasteiger partial charge on any atom is 0.266 e. The smallest absolute Gasteiger partial charge is 0.266 e. The maximum absolute atomic E-state index is 11.7. The zero-order valence-corrected chi connectivity index (χ0v) is 23.3. The van der Waals surface area contributed by atoms with Crippen molar-refractivity contribution in [2.24, 2.45) is 5.41 Å². The topological polar surface area (TPSA) is 79.9 Å². The number of nitrogens with one attached hydrogen (secondary N) is 1. The van der Waals surface area contributed by atoms with E-state index in [1.54, 1.807) is 0 Å². The molecule has 0 spiro atoms. The number of benzene rings is 3. The van der Waals surface area contributed by atoms with E-state index in [1.807, 2.05) is 36.4 Å². The molecule has 0 aliphatic heterocycles. The minimum absolute atomic E-state index is 0.128. The quantitative estimate of drug-likeness (QED) is 0.233. The first-order chi connectivity index (χ1) is 17.2. The van der Waals surface area contributed by atoms with Crippen LogP contribution >= 0.6 is 12.2 Å². The van der Waals surface area contributed by atoms with Crippen LogP contribution in [0.5, 0.6) is 5.75 Å². The van der Waals surface area contributed by atoms with Crippen LogP contribution in [0.4, 0.5) is 0 Å². The van der Waals surface area contributed by atoms with Crippen molar-refractivity contribution in [3.05, 3.63) is 76.1 Å². The molecular weight excluding hydrogens is 480 g/mol. The average Bonchev–Trinajstić information content (AvgIpc) is 3.37. The van der Waals surface area contributed by atoms with Crippen LogP contribution in [0.15, 0.2) is 59.0 Å². The summed E-state index contributed by atoms with van der Waals surface area (Å²) in [5, 5.41) is 21.2. The molecular formula is C30H34N4O2S. The SMILES string of the molecule is CC(C)(C)CC(C)(C)c1cc(-n2nc3cc4[nH]c(=S)oc4cc3n2)c(O)c(C(C)(C)c2ccccc2)c1. The normalized spacial score (nSPS) is 13.1. The van der Waals surface area contributed by atoms with E-state index in [-0.39, 0.29) is 16.6 Å². The summed E-state index contributed by atoms with van der Waals surface area (Å²) >= 11 is 5.12. The molecule has 0 saturated carbocycles. The molecule has 0 saturated heterocycles. The molecule has 5 aromatic rings. The highest BCUT2D eigenvalue weighted by molar-refractivity contribution is 7.71. The second-order valence-electron chi connectivity index (χ2n) is 12.3. The standard InChI is InChI=1S/C30H34N4O2S/c1-28(2,3)17-29(4,5)19-13-20(30(6,7)18-11-9-8-10-12-18)26(35)24(14-19)34-32-21-15-23-25(16-22(21)33-34)36-27(37)31-23/h8-16,35H,17H2,1-7H3,(H,31,37). The molecule has 0 radical (unpaired) electrons. The highest BCUT2D eigenvalue weighted by atomic mass is 32.1. The number of aromatic nitrogens is 4. The summed E-state index contributed by atoms with van der Waals surface area (Å²) in [6, 6.07) is 18.2. The first-order valence-electron chi connectivity index (χ1n) is 12.6. The highest BCUT2D eigenvalue weighted by Crippen LogP contribution is 2.44. The third kappa shape index (κ3) is 4.68. The molecule has 2 N–H and O–H groups in total. The van der Waals surface area contributed by atoms with Crippen LogP contribution < -0.4 is 0 Å². The predicted octanol–water partition coefficient (Wildman–Crippen LogP) is 7.97. The third-order valence-corrected chi connectivity index (χ3v) is 7.33. The van der Waals surface area contributed by atoms with Gasteiger partial charge in [-0.25, -0.2) is 0 Å². The van der Waals surface area contributed by atoms with Crippen LogP contribution in [-0.4, -0.2) is 25.1 Å². The van der Waals surface area contributed by atoms with Crippen molar-refractivity contribution in [2.75, 3.05) is 0 Å². The number of nitrogens with zero attached hydrogens (tertiary/aromatic N) is 3. The lowest BCUT2D eigenvalue weighted by Gasteiger charge is -2.35. The number of aromatic amines is 1. The number of hydrogen-bond acceptors (Lipinski definition) is 5. The Morgan fingerprint density at radius 3 is 2.19 bits per heavy atom. The summed E-state index contributed by atoms with van der Waals surface area (Å²) in [6.07, 6.45) is 0.972. The zero-order valence-electron chi connectivity index (χ0n) is 22.5. The molecule has 0 aliphatic rings. The Balaban J connectivity index is 1.74. The van der Waals surface area contributed by atoms with Crippen molar-refractivity contribution in [3.8, 4) is 11.4 Å². The Morgan fingerprint density at radius 1 is 0.892 bits per heavy atom. The van der Waals surface area contributed by atoms with Gasteiger partial charge in [0.15, 0.2) is 5.58 Å². The number of oxazole rings is 1. The fourth-order valence-corrected chi connectivity index (χ4v) is 5.75. The van der Waals surface area contributed by atoms with Crippen LogP contribution in [-0.2, 0) is 10.8 Å². The number of fused-ring (bicyclic) bond motifs is 2. The Hall–Kier alpha value is -3.45. The van der Waals surface area contributed by atoms with Gasteiger partial charge in [0.1, 0.15) is 22.5 Å². The lowest BCUT2D eigenvalue weighted by Crippen LogP contribution is -2.27. The van der Waals surface area contributed by atoms with E-state index in [0.29, 0.717) is 27.1 Å². The van der Waals surface area contributed by atoms with Gasteiger partial charge in [-0.15, -0.1) is 15.0 Å². The fourth-order valence-electron chi connectivity index (χ4n) is 5.55. The molecule has 192 valence electrons. The van der Waals surface area contributed by atoms with E-state index in [1.165, 1.54) is 4.80 Å². The minimum atomic E-state index is -0.449. The molecule has 0 fully saturated rings. The van der Waals surface area contributed by atoms with Gasteiger partial charge in [-0.1, -0.05) is 84.9 Å². The fraction of sp³-hybridized carbons (Fsp3) is 0.367. The Morgan fingerprint density at radius 2 is 1.54 bits per heavy atom. The van der Waals surface area contributed by atoms with Gasteiger partial charge in [0.05, 0.1) is 5.52 Å². The molecule has 0 unspecified atom stereocenters. The van der Waals surface area contributed by atoms with E-state index in [2.05, 4.69) is 71.6 Å². The van der Waals surface area contributed by atoms with E-state index in [4.69, 9.17) is 26.8 Å². The average molecular weight is 515 g/mol. The van der Waals surface area contributed by atoms with Crippen molar-refractivity contribution >= 4 is 34.4 Å². The van der Waals surface area contributed by atoms with Gasteiger partial charge in [0.2, 0.25) is 0 Å². The molecule has 2 aromatic heterocycles. The van der Waals surface area contributed by atoms with Crippen LogP contribution in [0, 0.1) is 10.3 Å². The van der Waals surface area contributed by atoms with Gasteiger partial charge in [0, 0.05) is 17.0 Å². The summed E-state index contributed by atoms with van der Waals surface area (Å²) in [7, 11) is 0. The minimum Gasteiger partial charge on any atom is -0.505 e. The monoisotopic (exact) mass is 514 g/mol. The number of H-pyrrole nitrogens is 1. The summed E-state index contributed by atoms with van der Waals surface area (Å²) in [4.78, 5) is 4.88. The second-order valence-corrected chi connectivity index (χ2v) is 12.7. The molecule has 3 aromatic carbocycles. The van der Waals surface area contributed by atoms with Crippen molar-refractivity contribution in [3.63, 3.8) is 0 Å². The van der Waals surface area contributed by atoms with Crippen LogP contribution in [0.1, 0.15) is 71.6 Å². The molecule has 0 atom stereocenters. The van der Waals surface area contributed by atoms with Crippen LogP contribution in [0.3, 0.4) is 0 Å². The predicted molar refractivity (Wildman–Crippen MR) is 151 cm³/mol. The van der Waals surface area contributed by atoms with Crippen molar-refractivity contribution < 1.29 is 9.52 Å². The molecule has 5 rings (SSSR count). The van der Waals surface area contributed by atoms with Gasteiger partial charge in [-0.05, 0) is 52.7 Å². The largest absolute Gasteiger partial charge is 0.505 e. The van der Waals surface area contributed by atoms with E-state index >= 15 is 0 Å². The lowest BCUT2D eigenvalue weighted by atomic mass is 9.70. The summed E-state index contributed by atoms with van der Waals surface area (Å²) in [5.74, 6) is 0.174. The summed E-state index contributed by atoms with van der Waals surface area (Å²) < 4.78 is 5.57. The van der Waals surface area contributed by atoms with Gasteiger partial charge < -0.3 is 14.5 Å². The van der Waals surface area contributed by atoms with E-state index < -0.39 is 5.41 Å². The zero-order chi connectivity index (χ0) is 26.8. The van der Waals surface area contributed by atoms with E-state index in [0.717, 1.165) is 28.6 Å². The highest BCUT2D eigenvalue weighted by Gasteiger charge is 2.33. The van der Waals surface area contributed by atoms with Crippen molar-refractivity contribution in [1.82, 2.24) is 20.0 Å². The maximum atomic E-state index is 11.7.